The number of nitrogens with zero attached hydrogens (tertiary/aromatic N) is 3. The fourth-order valence-corrected chi connectivity index (χ4v) is 3.76. The maximum absolute atomic E-state index is 12.2. The van der Waals surface area contributed by atoms with Crippen LogP contribution in [0.2, 0.25) is 0 Å². The molecule has 4 atom stereocenters. The van der Waals surface area contributed by atoms with E-state index >= 15 is 0 Å². The second-order valence-electron chi connectivity index (χ2n) is 7.94. The number of hydrogen-bond acceptors (Lipinski definition) is 9. The van der Waals surface area contributed by atoms with E-state index in [9.17, 15) is 19.8 Å². The number of aliphatic hydroxyl groups is 2. The second-order valence-corrected chi connectivity index (χ2v) is 7.94. The van der Waals surface area contributed by atoms with Gasteiger partial charge in [-0.25, -0.2) is 9.78 Å². The first kappa shape index (κ1) is 20.3. The highest BCUT2D eigenvalue weighted by molar-refractivity contribution is 6.14. The summed E-state index contributed by atoms with van der Waals surface area (Å²) in [4.78, 5) is 24.3. The Balaban J connectivity index is 1.84. The summed E-state index contributed by atoms with van der Waals surface area (Å²) in [5.74, 6) is -0.942. The molecular formula is C19H23N5O6. The van der Waals surface area contributed by atoms with Crippen molar-refractivity contribution in [2.45, 2.75) is 44.8 Å². The van der Waals surface area contributed by atoms with Crippen molar-refractivity contribution in [2.24, 2.45) is 5.92 Å². The molecule has 0 amide bonds. The van der Waals surface area contributed by atoms with E-state index in [1.807, 2.05) is 0 Å². The van der Waals surface area contributed by atoms with Gasteiger partial charge in [0.25, 0.3) is 5.56 Å². The lowest BCUT2D eigenvalue weighted by atomic mass is 9.96. The number of aliphatic hydroxyl groups excluding tert-OH is 1. The summed E-state index contributed by atoms with van der Waals surface area (Å²) >= 11 is 0. The molecule has 1 aromatic carbocycles. The van der Waals surface area contributed by atoms with Crippen LogP contribution in [0.3, 0.4) is 0 Å². The zero-order chi connectivity index (χ0) is 21.8. The Morgan fingerprint density at radius 2 is 2.20 bits per heavy atom. The summed E-state index contributed by atoms with van der Waals surface area (Å²) in [7, 11) is 0. The van der Waals surface area contributed by atoms with Gasteiger partial charge in [0.15, 0.2) is 12.3 Å². The van der Waals surface area contributed by atoms with Crippen molar-refractivity contribution in [2.75, 3.05) is 12.3 Å². The number of nitrogens with two attached hydrogens (primary N) is 1. The van der Waals surface area contributed by atoms with Gasteiger partial charge in [0.1, 0.15) is 17.2 Å². The Morgan fingerprint density at radius 1 is 1.47 bits per heavy atom. The average molecular weight is 417 g/mol. The minimum atomic E-state index is -1.71. The maximum Gasteiger partial charge on any atom is 0.308 e. The topological polar surface area (TPSA) is 166 Å². The molecule has 1 aliphatic heterocycles. The summed E-state index contributed by atoms with van der Waals surface area (Å²) in [6.07, 6.45) is -0.254. The lowest BCUT2D eigenvalue weighted by Gasteiger charge is -2.30. The number of esters is 1. The highest BCUT2D eigenvalue weighted by Crippen LogP contribution is 2.41. The first-order valence-corrected chi connectivity index (χ1v) is 9.49. The summed E-state index contributed by atoms with van der Waals surface area (Å²) in [5, 5.41) is 33.0. The largest absolute Gasteiger partial charge is 0.456 e. The molecule has 1 saturated heterocycles. The normalized spacial score (nSPS) is 26.7. The van der Waals surface area contributed by atoms with E-state index in [2.05, 4.69) is 15.3 Å². The molecule has 1 fully saturated rings. The summed E-state index contributed by atoms with van der Waals surface area (Å²) in [6, 6.07) is 1.53. The van der Waals surface area contributed by atoms with Crippen LogP contribution in [-0.4, -0.2) is 60.6 Å². The van der Waals surface area contributed by atoms with Crippen LogP contribution < -0.4 is 11.3 Å². The second kappa shape index (κ2) is 7.04. The van der Waals surface area contributed by atoms with E-state index in [0.29, 0.717) is 27.4 Å². The molecule has 0 radical (unpaired) electrons. The van der Waals surface area contributed by atoms with Crippen molar-refractivity contribution >= 4 is 33.3 Å². The first-order valence-electron chi connectivity index (χ1n) is 9.49. The van der Waals surface area contributed by atoms with E-state index < -0.39 is 48.1 Å². The predicted octanol–water partition coefficient (Wildman–Crippen LogP) is 0.0635. The molecule has 0 bridgehead atoms. The number of nitrogens with one attached hydrogen (secondary N) is 1. The predicted molar refractivity (Wildman–Crippen MR) is 106 cm³/mol. The number of aromatic amines is 1. The van der Waals surface area contributed by atoms with Gasteiger partial charge in [0.2, 0.25) is 0 Å². The first-order chi connectivity index (χ1) is 14.1. The van der Waals surface area contributed by atoms with Crippen LogP contribution in [0.25, 0.3) is 21.7 Å². The molecular weight excluding hydrogens is 394 g/mol. The Hall–Kier alpha value is -3.02. The number of carbonyl (C=O) groups excluding carboxylic acids is 1. The zero-order valence-corrected chi connectivity index (χ0v) is 16.7. The van der Waals surface area contributed by atoms with Crippen LogP contribution in [0, 0.1) is 5.92 Å². The number of rotatable bonds is 4. The third kappa shape index (κ3) is 3.02. The van der Waals surface area contributed by atoms with Crippen molar-refractivity contribution in [3.8, 4) is 0 Å². The number of hydrogen-bond donors (Lipinski definition) is 4. The average Bonchev–Trinajstić information content (AvgIpc) is 3.09. The minimum Gasteiger partial charge on any atom is -0.456 e. The Morgan fingerprint density at radius 3 is 2.87 bits per heavy atom. The lowest BCUT2D eigenvalue weighted by Crippen LogP contribution is -2.47. The molecule has 4 rings (SSSR count). The third-order valence-corrected chi connectivity index (χ3v) is 5.34. The molecule has 11 nitrogen and oxygen atoms in total. The smallest absolute Gasteiger partial charge is 0.308 e. The van der Waals surface area contributed by atoms with Gasteiger partial charge >= 0.3 is 5.97 Å². The van der Waals surface area contributed by atoms with Crippen LogP contribution in [0.1, 0.15) is 27.0 Å². The van der Waals surface area contributed by atoms with E-state index in [1.165, 1.54) is 23.9 Å². The van der Waals surface area contributed by atoms with Crippen LogP contribution in [-0.2, 0) is 14.3 Å². The molecule has 3 aromatic rings. The minimum absolute atomic E-state index is 0.339. The van der Waals surface area contributed by atoms with E-state index in [0.717, 1.165) is 0 Å². The maximum atomic E-state index is 12.2. The van der Waals surface area contributed by atoms with Crippen molar-refractivity contribution in [1.29, 1.82) is 0 Å². The van der Waals surface area contributed by atoms with E-state index in [-0.39, 0.29) is 0 Å². The number of nitrogen functional groups attached to an aromatic ring is 1. The molecule has 160 valence electrons. The Kier molecular flexibility index (Phi) is 4.76. The van der Waals surface area contributed by atoms with Crippen molar-refractivity contribution in [1.82, 2.24) is 20.0 Å². The van der Waals surface area contributed by atoms with Gasteiger partial charge < -0.3 is 25.4 Å². The highest BCUT2D eigenvalue weighted by Gasteiger charge is 2.56. The molecule has 2 aromatic heterocycles. The quantitative estimate of drug-likeness (QED) is 0.429. The monoisotopic (exact) mass is 417 g/mol. The molecule has 0 saturated carbocycles. The molecule has 30 heavy (non-hydrogen) atoms. The van der Waals surface area contributed by atoms with Crippen LogP contribution in [0.5, 0.6) is 0 Å². The van der Waals surface area contributed by atoms with Crippen molar-refractivity contribution in [3.05, 3.63) is 28.8 Å². The fraction of sp³-hybridized carbons (Fsp3) is 0.474. The highest BCUT2D eigenvalue weighted by atomic mass is 16.6. The van der Waals surface area contributed by atoms with Crippen LogP contribution in [0.15, 0.2) is 23.3 Å². The third-order valence-electron chi connectivity index (χ3n) is 5.34. The zero-order valence-electron chi connectivity index (χ0n) is 16.7. The van der Waals surface area contributed by atoms with Gasteiger partial charge in [-0.1, -0.05) is 13.8 Å². The number of carbonyl (C=O) groups is 1. The van der Waals surface area contributed by atoms with Gasteiger partial charge in [-0.3, -0.25) is 9.59 Å². The number of ether oxygens (including phenoxy) is 2. The molecule has 3 heterocycles. The summed E-state index contributed by atoms with van der Waals surface area (Å²) in [5.41, 5.74) is 4.68. The van der Waals surface area contributed by atoms with Crippen molar-refractivity contribution in [3.63, 3.8) is 0 Å². The molecule has 0 aliphatic carbocycles. The standard InChI is InChI=1S/C19H23N5O6/c1-8(2)17(27)30-15-13(7-25)29-18(19(15,3)28)24-6-10-11(20)4-9-14(10)12(23-24)5-21-22-16(9)26/h4-6,8,13,15,18,25,28H,7,20H2,1-3H3,(H,22,26). The van der Waals surface area contributed by atoms with Gasteiger partial charge in [-0.2, -0.15) is 10.2 Å². The molecule has 0 spiro atoms. The van der Waals surface area contributed by atoms with Gasteiger partial charge in [-0.15, -0.1) is 0 Å². The summed E-state index contributed by atoms with van der Waals surface area (Å²) in [6.45, 7) is 4.31. The number of aromatic nitrogens is 4. The molecule has 4 unspecified atom stereocenters. The SMILES string of the molecule is CC(C)C(=O)OC1C(CO)OC(n2cc3c(N)cc4c(=O)[nH]ncc(n2)c34)C1(C)O. The fourth-order valence-electron chi connectivity index (χ4n) is 3.76. The van der Waals surface area contributed by atoms with E-state index in [1.54, 1.807) is 20.0 Å². The van der Waals surface area contributed by atoms with Gasteiger partial charge in [-0.05, 0) is 13.0 Å². The number of anilines is 1. The molecule has 11 heteroatoms. The van der Waals surface area contributed by atoms with E-state index in [4.69, 9.17) is 15.2 Å². The van der Waals surface area contributed by atoms with Crippen molar-refractivity contribution < 1.29 is 24.5 Å². The molecule has 1 aliphatic rings. The molecule has 5 N–H and O–H groups in total. The lowest BCUT2D eigenvalue weighted by molar-refractivity contribution is -0.167. The van der Waals surface area contributed by atoms with Gasteiger partial charge in [0, 0.05) is 22.7 Å². The summed E-state index contributed by atoms with van der Waals surface area (Å²) < 4.78 is 12.6. The van der Waals surface area contributed by atoms with Crippen LogP contribution in [0.4, 0.5) is 5.69 Å². The Labute approximate surface area is 170 Å². The van der Waals surface area contributed by atoms with Crippen LogP contribution >= 0.6 is 0 Å². The Bertz CT molecular complexity index is 1180. The number of H-pyrrole nitrogens is 1. The van der Waals surface area contributed by atoms with Gasteiger partial charge in [0.05, 0.1) is 24.1 Å².